The number of carboxylic acid groups (broad SMARTS) is 1. The van der Waals surface area contributed by atoms with Crippen molar-refractivity contribution in [3.8, 4) is 0 Å². The summed E-state index contributed by atoms with van der Waals surface area (Å²) in [6.45, 7) is 6.78. The van der Waals surface area contributed by atoms with Gasteiger partial charge < -0.3 is 15.7 Å². The van der Waals surface area contributed by atoms with Gasteiger partial charge in [0.25, 0.3) is 0 Å². The van der Waals surface area contributed by atoms with Gasteiger partial charge in [-0.05, 0) is 40.3 Å². The lowest BCUT2D eigenvalue weighted by molar-refractivity contribution is -0.143. The Kier molecular flexibility index (Phi) is 6.60. The second kappa shape index (κ2) is 6.86. The van der Waals surface area contributed by atoms with Gasteiger partial charge in [-0.15, -0.1) is 0 Å². The first-order valence-corrected chi connectivity index (χ1v) is 6.03. The van der Waals surface area contributed by atoms with Gasteiger partial charge in [-0.2, -0.15) is 0 Å². The minimum absolute atomic E-state index is 0.197. The molecule has 4 nitrogen and oxygen atoms in total. The number of carbonyl (C=O) groups is 1. The molecule has 0 heterocycles. The Labute approximate surface area is 98.8 Å². The molecule has 2 unspecified atom stereocenters. The number of hydrogen-bond donors (Lipinski definition) is 2. The predicted molar refractivity (Wildman–Crippen MR) is 66.5 cm³/mol. The smallest absolute Gasteiger partial charge is 0.323 e. The highest BCUT2D eigenvalue weighted by atomic mass is 16.4. The van der Waals surface area contributed by atoms with Crippen molar-refractivity contribution < 1.29 is 9.90 Å². The summed E-state index contributed by atoms with van der Waals surface area (Å²) in [6, 6.07) is 0.197. The highest BCUT2D eigenvalue weighted by Gasteiger charge is 2.30. The van der Waals surface area contributed by atoms with Crippen LogP contribution in [0.3, 0.4) is 0 Å². The van der Waals surface area contributed by atoms with Crippen molar-refractivity contribution in [2.75, 3.05) is 13.6 Å². The maximum atomic E-state index is 10.9. The van der Waals surface area contributed by atoms with Crippen LogP contribution in [0.1, 0.15) is 46.5 Å². The first-order chi connectivity index (χ1) is 7.31. The van der Waals surface area contributed by atoms with Crippen LogP contribution in [-0.4, -0.2) is 41.1 Å². The maximum absolute atomic E-state index is 10.9. The van der Waals surface area contributed by atoms with Crippen LogP contribution in [0.5, 0.6) is 0 Å². The van der Waals surface area contributed by atoms with Gasteiger partial charge >= 0.3 is 5.97 Å². The van der Waals surface area contributed by atoms with Gasteiger partial charge in [-0.25, -0.2) is 0 Å². The van der Waals surface area contributed by atoms with Gasteiger partial charge in [-0.3, -0.25) is 4.79 Å². The van der Waals surface area contributed by atoms with Gasteiger partial charge in [0.2, 0.25) is 0 Å². The van der Waals surface area contributed by atoms with Crippen molar-refractivity contribution in [1.82, 2.24) is 4.90 Å². The number of nitrogens with two attached hydrogens (primary N) is 1. The van der Waals surface area contributed by atoms with Crippen LogP contribution >= 0.6 is 0 Å². The SMILES string of the molecule is CCCCCN(C)C(C)CC(C)(N)C(=O)O. The van der Waals surface area contributed by atoms with Crippen molar-refractivity contribution in [2.24, 2.45) is 5.73 Å². The Morgan fingerprint density at radius 2 is 2.06 bits per heavy atom. The van der Waals surface area contributed by atoms with Crippen LogP contribution in [0.15, 0.2) is 0 Å². The highest BCUT2D eigenvalue weighted by Crippen LogP contribution is 2.13. The third kappa shape index (κ3) is 5.47. The molecular weight excluding hydrogens is 204 g/mol. The second-order valence-electron chi connectivity index (χ2n) is 4.96. The number of unbranched alkanes of at least 4 members (excludes halogenated alkanes) is 2. The van der Waals surface area contributed by atoms with E-state index in [9.17, 15) is 4.79 Å². The molecule has 0 aliphatic heterocycles. The summed E-state index contributed by atoms with van der Waals surface area (Å²) in [6.07, 6.45) is 4.05. The van der Waals surface area contributed by atoms with Gasteiger partial charge in [0.1, 0.15) is 5.54 Å². The molecule has 0 amide bonds. The van der Waals surface area contributed by atoms with Gasteiger partial charge in [0.05, 0.1) is 0 Å². The molecule has 0 aromatic heterocycles. The zero-order valence-electron chi connectivity index (χ0n) is 11.0. The van der Waals surface area contributed by atoms with Gasteiger partial charge in [-0.1, -0.05) is 19.8 Å². The fraction of sp³-hybridized carbons (Fsp3) is 0.917. The molecule has 0 saturated carbocycles. The lowest BCUT2D eigenvalue weighted by Crippen LogP contribution is -2.49. The van der Waals surface area contributed by atoms with Crippen LogP contribution in [-0.2, 0) is 4.79 Å². The fourth-order valence-corrected chi connectivity index (χ4v) is 1.69. The monoisotopic (exact) mass is 230 g/mol. The maximum Gasteiger partial charge on any atom is 0.323 e. The van der Waals surface area contributed by atoms with Crippen molar-refractivity contribution in [3.05, 3.63) is 0 Å². The van der Waals surface area contributed by atoms with E-state index in [0.29, 0.717) is 6.42 Å². The third-order valence-corrected chi connectivity index (χ3v) is 3.07. The van der Waals surface area contributed by atoms with Crippen LogP contribution in [0.25, 0.3) is 0 Å². The van der Waals surface area contributed by atoms with E-state index in [1.165, 1.54) is 12.8 Å². The molecule has 0 spiro atoms. The molecule has 0 aromatic rings. The van der Waals surface area contributed by atoms with E-state index in [0.717, 1.165) is 13.0 Å². The molecule has 0 aromatic carbocycles. The van der Waals surface area contributed by atoms with Crippen LogP contribution in [0.2, 0.25) is 0 Å². The van der Waals surface area contributed by atoms with Crippen molar-refractivity contribution in [2.45, 2.75) is 58.0 Å². The lowest BCUT2D eigenvalue weighted by atomic mass is 9.94. The number of nitrogens with zero attached hydrogens (tertiary/aromatic N) is 1. The van der Waals surface area contributed by atoms with E-state index in [1.807, 2.05) is 14.0 Å². The minimum atomic E-state index is -1.13. The molecule has 96 valence electrons. The molecule has 16 heavy (non-hydrogen) atoms. The minimum Gasteiger partial charge on any atom is -0.480 e. The molecule has 4 heteroatoms. The molecule has 0 fully saturated rings. The molecule has 0 aliphatic rings. The highest BCUT2D eigenvalue weighted by molar-refractivity contribution is 5.77. The summed E-state index contributed by atoms with van der Waals surface area (Å²) >= 11 is 0. The summed E-state index contributed by atoms with van der Waals surface area (Å²) in [5.41, 5.74) is 4.60. The molecule has 2 atom stereocenters. The predicted octanol–water partition coefficient (Wildman–Crippen LogP) is 1.69. The van der Waals surface area contributed by atoms with Crippen LogP contribution < -0.4 is 5.73 Å². The number of rotatable bonds is 8. The van der Waals surface area contributed by atoms with E-state index in [1.54, 1.807) is 6.92 Å². The van der Waals surface area contributed by atoms with E-state index in [-0.39, 0.29) is 6.04 Å². The first kappa shape index (κ1) is 15.4. The molecule has 0 rings (SSSR count). The molecular formula is C12H26N2O2. The van der Waals surface area contributed by atoms with Crippen molar-refractivity contribution in [3.63, 3.8) is 0 Å². The second-order valence-corrected chi connectivity index (χ2v) is 4.96. The number of hydrogen-bond acceptors (Lipinski definition) is 3. The quantitative estimate of drug-likeness (QED) is 0.623. The van der Waals surface area contributed by atoms with Gasteiger partial charge in [0.15, 0.2) is 0 Å². The lowest BCUT2D eigenvalue weighted by Gasteiger charge is -2.30. The number of aliphatic carboxylic acids is 1. The largest absolute Gasteiger partial charge is 0.480 e. The zero-order valence-corrected chi connectivity index (χ0v) is 11.0. The van der Waals surface area contributed by atoms with E-state index < -0.39 is 11.5 Å². The molecule has 0 bridgehead atoms. The third-order valence-electron chi connectivity index (χ3n) is 3.07. The molecule has 0 aliphatic carbocycles. The molecule has 0 saturated heterocycles. The summed E-state index contributed by atoms with van der Waals surface area (Å²) in [4.78, 5) is 13.1. The van der Waals surface area contributed by atoms with E-state index >= 15 is 0 Å². The Hall–Kier alpha value is -0.610. The van der Waals surface area contributed by atoms with Crippen LogP contribution in [0.4, 0.5) is 0 Å². The Bertz CT molecular complexity index is 217. The molecule has 3 N–H and O–H groups in total. The standard InChI is InChI=1S/C12H26N2O2/c1-5-6-7-8-14(4)10(2)9-12(3,13)11(15)16/h10H,5-9,13H2,1-4H3,(H,15,16). The van der Waals surface area contributed by atoms with E-state index in [4.69, 9.17) is 10.8 Å². The Morgan fingerprint density at radius 1 is 1.50 bits per heavy atom. The number of carboxylic acids is 1. The average Bonchev–Trinajstić information content (AvgIpc) is 2.17. The van der Waals surface area contributed by atoms with Crippen molar-refractivity contribution in [1.29, 1.82) is 0 Å². The topological polar surface area (TPSA) is 66.6 Å². The average molecular weight is 230 g/mol. The Morgan fingerprint density at radius 3 is 2.50 bits per heavy atom. The summed E-state index contributed by atoms with van der Waals surface area (Å²) < 4.78 is 0. The van der Waals surface area contributed by atoms with Crippen molar-refractivity contribution >= 4 is 5.97 Å². The first-order valence-electron chi connectivity index (χ1n) is 6.03. The normalized spacial score (nSPS) is 17.1. The Balaban J connectivity index is 4.04. The summed E-state index contributed by atoms with van der Waals surface area (Å²) in [5.74, 6) is -0.929. The van der Waals surface area contributed by atoms with Crippen LogP contribution in [0, 0.1) is 0 Å². The summed E-state index contributed by atoms with van der Waals surface area (Å²) in [5, 5.41) is 8.94. The zero-order chi connectivity index (χ0) is 12.8. The summed E-state index contributed by atoms with van der Waals surface area (Å²) in [7, 11) is 2.03. The molecule has 0 radical (unpaired) electrons. The fourth-order valence-electron chi connectivity index (χ4n) is 1.69. The van der Waals surface area contributed by atoms with E-state index in [2.05, 4.69) is 11.8 Å². The van der Waals surface area contributed by atoms with Gasteiger partial charge in [0, 0.05) is 6.04 Å².